The van der Waals surface area contributed by atoms with E-state index in [1.165, 1.54) is 6.42 Å². The maximum atomic E-state index is 11.0. The Labute approximate surface area is 119 Å². The van der Waals surface area contributed by atoms with Gasteiger partial charge in [0.15, 0.2) is 0 Å². The second-order valence-corrected chi connectivity index (χ2v) is 6.93. The van der Waals surface area contributed by atoms with Gasteiger partial charge in [-0.25, -0.2) is 0 Å². The summed E-state index contributed by atoms with van der Waals surface area (Å²) < 4.78 is 0. The van der Waals surface area contributed by atoms with Crippen LogP contribution in [-0.2, 0) is 4.79 Å². The molecule has 1 aromatic heterocycles. The minimum atomic E-state index is -0.734. The van der Waals surface area contributed by atoms with Gasteiger partial charge < -0.3 is 10.4 Å². The van der Waals surface area contributed by atoms with Crippen LogP contribution in [0, 0.1) is 11.8 Å². The number of aliphatic carboxylic acids is 1. The fourth-order valence-electron chi connectivity index (χ4n) is 3.27. The van der Waals surface area contributed by atoms with E-state index in [0.717, 1.165) is 29.6 Å². The Morgan fingerprint density at radius 1 is 1.42 bits per heavy atom. The van der Waals surface area contributed by atoms with Gasteiger partial charge in [0.1, 0.15) is 0 Å². The number of hydrogen-bond donors (Lipinski definition) is 2. The lowest BCUT2D eigenvalue weighted by atomic mass is 9.80. The summed E-state index contributed by atoms with van der Waals surface area (Å²) in [5.41, 5.74) is 0. The number of rotatable bonds is 5. The molecule has 3 atom stereocenters. The maximum absolute atomic E-state index is 11.0. The summed E-state index contributed by atoms with van der Waals surface area (Å²) in [6, 6.07) is 4.43. The lowest BCUT2D eigenvalue weighted by Crippen LogP contribution is -2.39. The Bertz CT molecular complexity index is 394. The number of hydrogen-bond acceptors (Lipinski definition) is 3. The molecule has 2 rings (SSSR count). The molecule has 1 fully saturated rings. The van der Waals surface area contributed by atoms with E-state index in [1.807, 2.05) is 17.5 Å². The summed E-state index contributed by atoms with van der Waals surface area (Å²) in [5, 5.41) is 14.7. The zero-order valence-corrected chi connectivity index (χ0v) is 12.5. The number of carbonyl (C=O) groups is 1. The monoisotopic (exact) mass is 281 g/mol. The van der Waals surface area contributed by atoms with Crippen LogP contribution >= 0.6 is 11.3 Å². The fourth-order valence-corrected chi connectivity index (χ4v) is 4.06. The van der Waals surface area contributed by atoms with Gasteiger partial charge in [0.25, 0.3) is 0 Å². The summed E-state index contributed by atoms with van der Waals surface area (Å²) in [6.45, 7) is 4.59. The van der Waals surface area contributed by atoms with Gasteiger partial charge in [-0.1, -0.05) is 19.9 Å². The zero-order chi connectivity index (χ0) is 13.8. The molecular weight excluding hydrogens is 258 g/mol. The van der Waals surface area contributed by atoms with Crippen LogP contribution < -0.4 is 5.32 Å². The lowest BCUT2D eigenvalue weighted by molar-refractivity contribution is -0.137. The summed E-state index contributed by atoms with van der Waals surface area (Å²) in [6.07, 6.45) is 3.78. The topological polar surface area (TPSA) is 49.3 Å². The third kappa shape index (κ3) is 4.32. The van der Waals surface area contributed by atoms with Crippen molar-refractivity contribution in [3.8, 4) is 0 Å². The first-order valence-corrected chi connectivity index (χ1v) is 7.93. The van der Waals surface area contributed by atoms with E-state index in [0.29, 0.717) is 6.04 Å². The minimum Gasteiger partial charge on any atom is -0.481 e. The van der Waals surface area contributed by atoms with Crippen molar-refractivity contribution < 1.29 is 9.90 Å². The first-order valence-electron chi connectivity index (χ1n) is 7.05. The van der Waals surface area contributed by atoms with Crippen molar-refractivity contribution in [2.75, 3.05) is 0 Å². The van der Waals surface area contributed by atoms with Crippen LogP contribution in [0.1, 0.15) is 50.4 Å². The average Bonchev–Trinajstić information content (AvgIpc) is 2.79. The number of carboxylic acids is 1. The summed E-state index contributed by atoms with van der Waals surface area (Å²) >= 11 is 1.64. The van der Waals surface area contributed by atoms with Crippen LogP contribution in [0.4, 0.5) is 0 Å². The number of thiophene rings is 1. The highest BCUT2D eigenvalue weighted by atomic mass is 32.1. The summed E-state index contributed by atoms with van der Waals surface area (Å²) in [5.74, 6) is 0.730. The van der Waals surface area contributed by atoms with E-state index in [-0.39, 0.29) is 12.5 Å². The second kappa shape index (κ2) is 6.53. The smallest absolute Gasteiger partial charge is 0.305 e. The molecule has 3 nitrogen and oxygen atoms in total. The van der Waals surface area contributed by atoms with E-state index < -0.39 is 5.97 Å². The van der Waals surface area contributed by atoms with Gasteiger partial charge in [0.2, 0.25) is 0 Å². The van der Waals surface area contributed by atoms with E-state index in [1.54, 1.807) is 11.3 Å². The van der Waals surface area contributed by atoms with Crippen LogP contribution in [0.15, 0.2) is 17.5 Å². The van der Waals surface area contributed by atoms with Crippen LogP contribution in [0.2, 0.25) is 0 Å². The molecule has 1 aliphatic carbocycles. The largest absolute Gasteiger partial charge is 0.481 e. The molecule has 1 aromatic rings. The molecular formula is C15H23NO2S. The van der Waals surface area contributed by atoms with E-state index >= 15 is 0 Å². The molecule has 106 valence electrons. The van der Waals surface area contributed by atoms with Gasteiger partial charge in [-0.2, -0.15) is 0 Å². The Morgan fingerprint density at radius 2 is 2.11 bits per heavy atom. The molecule has 1 aliphatic rings. The predicted molar refractivity (Wildman–Crippen MR) is 78.4 cm³/mol. The van der Waals surface area contributed by atoms with Crippen LogP contribution in [0.25, 0.3) is 0 Å². The molecule has 0 aromatic carbocycles. The highest BCUT2D eigenvalue weighted by molar-refractivity contribution is 7.10. The van der Waals surface area contributed by atoms with Gasteiger partial charge in [0, 0.05) is 10.9 Å². The van der Waals surface area contributed by atoms with Crippen molar-refractivity contribution in [3.05, 3.63) is 22.4 Å². The third-order valence-electron chi connectivity index (χ3n) is 3.88. The summed E-state index contributed by atoms with van der Waals surface area (Å²) in [4.78, 5) is 12.2. The quantitative estimate of drug-likeness (QED) is 0.865. The van der Waals surface area contributed by atoms with Crippen molar-refractivity contribution in [2.24, 2.45) is 11.8 Å². The highest BCUT2D eigenvalue weighted by Gasteiger charge is 2.27. The Kier molecular flexibility index (Phi) is 4.99. The molecule has 1 saturated carbocycles. The van der Waals surface area contributed by atoms with Gasteiger partial charge >= 0.3 is 5.97 Å². The van der Waals surface area contributed by atoms with Gasteiger partial charge in [-0.3, -0.25) is 4.79 Å². The zero-order valence-electron chi connectivity index (χ0n) is 11.6. The molecule has 19 heavy (non-hydrogen) atoms. The molecule has 0 saturated heterocycles. The SMILES string of the molecule is CC1CC(C)CC(NC(CC(=O)O)c2cccs2)C1. The molecule has 4 heteroatoms. The predicted octanol–water partition coefficient (Wildman–Crippen LogP) is 3.68. The van der Waals surface area contributed by atoms with Crippen LogP contribution in [0.3, 0.4) is 0 Å². The third-order valence-corrected chi connectivity index (χ3v) is 4.87. The van der Waals surface area contributed by atoms with Gasteiger partial charge in [0.05, 0.1) is 12.5 Å². The highest BCUT2D eigenvalue weighted by Crippen LogP contribution is 2.31. The first-order chi connectivity index (χ1) is 9.04. The average molecular weight is 281 g/mol. The molecule has 0 bridgehead atoms. The molecule has 3 unspecified atom stereocenters. The Hall–Kier alpha value is -0.870. The van der Waals surface area contributed by atoms with Crippen molar-refractivity contribution in [1.82, 2.24) is 5.32 Å². The van der Waals surface area contributed by atoms with Gasteiger partial charge in [-0.05, 0) is 42.5 Å². The molecule has 0 amide bonds. The Balaban J connectivity index is 2.01. The molecule has 0 radical (unpaired) electrons. The van der Waals surface area contributed by atoms with Crippen molar-refractivity contribution in [1.29, 1.82) is 0 Å². The fraction of sp³-hybridized carbons (Fsp3) is 0.667. The van der Waals surface area contributed by atoms with E-state index in [2.05, 4.69) is 19.2 Å². The lowest BCUT2D eigenvalue weighted by Gasteiger charge is -2.34. The summed E-state index contributed by atoms with van der Waals surface area (Å²) in [7, 11) is 0. The molecule has 0 spiro atoms. The van der Waals surface area contributed by atoms with Crippen molar-refractivity contribution >= 4 is 17.3 Å². The van der Waals surface area contributed by atoms with Crippen molar-refractivity contribution in [2.45, 2.75) is 51.6 Å². The maximum Gasteiger partial charge on any atom is 0.305 e. The van der Waals surface area contributed by atoms with E-state index in [4.69, 9.17) is 5.11 Å². The van der Waals surface area contributed by atoms with Crippen molar-refractivity contribution in [3.63, 3.8) is 0 Å². The Morgan fingerprint density at radius 3 is 2.63 bits per heavy atom. The molecule has 2 N–H and O–H groups in total. The van der Waals surface area contributed by atoms with Crippen LogP contribution in [0.5, 0.6) is 0 Å². The van der Waals surface area contributed by atoms with E-state index in [9.17, 15) is 4.79 Å². The normalized spacial score (nSPS) is 29.1. The first kappa shape index (κ1) is 14.5. The minimum absolute atomic E-state index is 0.0417. The number of nitrogens with one attached hydrogen (secondary N) is 1. The standard InChI is InChI=1S/C15H23NO2S/c1-10-6-11(2)8-12(7-10)16-13(9-15(17)18)14-4-3-5-19-14/h3-5,10-13,16H,6-9H2,1-2H3,(H,17,18). The van der Waals surface area contributed by atoms with Crippen LogP contribution in [-0.4, -0.2) is 17.1 Å². The van der Waals surface area contributed by atoms with Gasteiger partial charge in [-0.15, -0.1) is 11.3 Å². The number of carboxylic acid groups (broad SMARTS) is 1. The molecule has 0 aliphatic heterocycles. The molecule has 1 heterocycles. The second-order valence-electron chi connectivity index (χ2n) is 5.95.